The zero-order chi connectivity index (χ0) is 23.4. The summed E-state index contributed by atoms with van der Waals surface area (Å²) in [5.41, 5.74) is 4.69. The highest BCUT2D eigenvalue weighted by atomic mass is 16.5. The van der Waals surface area contributed by atoms with Gasteiger partial charge in [0, 0.05) is 24.4 Å². The zero-order valence-electron chi connectivity index (χ0n) is 18.8. The van der Waals surface area contributed by atoms with Crippen LogP contribution in [0, 0.1) is 11.8 Å². The summed E-state index contributed by atoms with van der Waals surface area (Å²) in [5.74, 6) is -1.95. The van der Waals surface area contributed by atoms with E-state index >= 15 is 0 Å². The Labute approximate surface area is 193 Å². The summed E-state index contributed by atoms with van der Waals surface area (Å²) in [6.07, 6.45) is 2.40. The van der Waals surface area contributed by atoms with E-state index in [9.17, 15) is 14.4 Å². The normalized spacial score (nSPS) is 20.3. The number of rotatable bonds is 7. The number of ether oxygens (including phenoxy) is 1. The van der Waals surface area contributed by atoms with Gasteiger partial charge in [-0.3, -0.25) is 9.59 Å². The fraction of sp³-hybridized carbons (Fsp3) is 0.423. The molecule has 3 atom stereocenters. The number of nitrogens with one attached hydrogen (secondary N) is 2. The number of carboxylic acids is 1. The molecule has 1 saturated carbocycles. The van der Waals surface area contributed by atoms with Crippen LogP contribution in [0.25, 0.3) is 11.1 Å². The van der Waals surface area contributed by atoms with E-state index in [-0.39, 0.29) is 36.9 Å². The van der Waals surface area contributed by atoms with Crippen molar-refractivity contribution in [2.75, 3.05) is 13.2 Å². The summed E-state index contributed by atoms with van der Waals surface area (Å²) < 4.78 is 5.63. The van der Waals surface area contributed by atoms with E-state index in [0.717, 1.165) is 30.4 Å². The molecule has 33 heavy (non-hydrogen) atoms. The van der Waals surface area contributed by atoms with Crippen molar-refractivity contribution in [2.45, 2.75) is 44.6 Å². The van der Waals surface area contributed by atoms with Gasteiger partial charge in [-0.2, -0.15) is 0 Å². The maximum Gasteiger partial charge on any atom is 0.407 e. The lowest BCUT2D eigenvalue weighted by Crippen LogP contribution is -2.43. The van der Waals surface area contributed by atoms with Crippen molar-refractivity contribution >= 4 is 18.0 Å². The predicted molar refractivity (Wildman–Crippen MR) is 124 cm³/mol. The van der Waals surface area contributed by atoms with Crippen molar-refractivity contribution in [3.05, 3.63) is 59.7 Å². The van der Waals surface area contributed by atoms with Crippen molar-refractivity contribution in [3.8, 4) is 11.1 Å². The quantitative estimate of drug-likeness (QED) is 0.593. The van der Waals surface area contributed by atoms with E-state index in [4.69, 9.17) is 9.84 Å². The van der Waals surface area contributed by atoms with Gasteiger partial charge in [0.1, 0.15) is 6.61 Å². The molecule has 4 rings (SSSR count). The standard InChI is InChI=1S/C26H30N2O5/c1-16(25(30)31)14-27-24(29)17-7-6-8-18(13-17)28-26(32)33-15-23-21-11-4-2-9-19(21)20-10-3-5-12-22(20)23/h2-5,9-12,16-18,23H,6-8,13-15H2,1H3,(H,27,29)(H,28,32)(H,30,31)/t16?,17-,18+/m0/s1. The fourth-order valence-corrected chi connectivity index (χ4v) is 4.85. The Morgan fingerprint density at radius 1 is 1.03 bits per heavy atom. The molecule has 1 fully saturated rings. The van der Waals surface area contributed by atoms with Gasteiger partial charge >= 0.3 is 12.1 Å². The summed E-state index contributed by atoms with van der Waals surface area (Å²) >= 11 is 0. The summed E-state index contributed by atoms with van der Waals surface area (Å²) in [5, 5.41) is 14.6. The van der Waals surface area contributed by atoms with Crippen LogP contribution in [-0.4, -0.2) is 42.3 Å². The van der Waals surface area contributed by atoms with Crippen LogP contribution in [0.2, 0.25) is 0 Å². The number of fused-ring (bicyclic) bond motifs is 3. The fourth-order valence-electron chi connectivity index (χ4n) is 4.85. The van der Waals surface area contributed by atoms with Gasteiger partial charge in [-0.25, -0.2) is 4.79 Å². The summed E-state index contributed by atoms with van der Waals surface area (Å²) in [4.78, 5) is 35.9. The molecule has 0 aromatic heterocycles. The molecule has 0 spiro atoms. The van der Waals surface area contributed by atoms with Gasteiger partial charge in [0.15, 0.2) is 0 Å². The number of amides is 2. The van der Waals surface area contributed by atoms with Crippen molar-refractivity contribution in [1.82, 2.24) is 10.6 Å². The molecule has 0 heterocycles. The summed E-state index contributed by atoms with van der Waals surface area (Å²) in [7, 11) is 0. The van der Waals surface area contributed by atoms with Crippen LogP contribution in [-0.2, 0) is 14.3 Å². The molecule has 7 nitrogen and oxygen atoms in total. The smallest absolute Gasteiger partial charge is 0.407 e. The third-order valence-corrected chi connectivity index (χ3v) is 6.71. The monoisotopic (exact) mass is 450 g/mol. The SMILES string of the molecule is CC(CNC(=O)[C@H]1CCC[C@@H](NC(=O)OCC2c3ccccc3-c3ccccc32)C1)C(=O)O. The number of carbonyl (C=O) groups is 3. The highest BCUT2D eigenvalue weighted by Crippen LogP contribution is 2.44. The second-order valence-electron chi connectivity index (χ2n) is 9.01. The van der Waals surface area contributed by atoms with Gasteiger partial charge in [-0.15, -0.1) is 0 Å². The Bertz CT molecular complexity index is 991. The maximum absolute atomic E-state index is 12.6. The molecule has 1 unspecified atom stereocenters. The number of aliphatic carboxylic acids is 1. The predicted octanol–water partition coefficient (Wildman–Crippen LogP) is 3.92. The minimum absolute atomic E-state index is 0.00394. The van der Waals surface area contributed by atoms with Crippen molar-refractivity contribution in [3.63, 3.8) is 0 Å². The molecule has 0 radical (unpaired) electrons. The van der Waals surface area contributed by atoms with Crippen molar-refractivity contribution in [2.24, 2.45) is 11.8 Å². The first kappa shape index (κ1) is 22.8. The van der Waals surface area contributed by atoms with Crippen LogP contribution in [0.3, 0.4) is 0 Å². The van der Waals surface area contributed by atoms with Gasteiger partial charge in [0.05, 0.1) is 5.92 Å². The van der Waals surface area contributed by atoms with E-state index in [1.54, 1.807) is 6.92 Å². The minimum Gasteiger partial charge on any atom is -0.481 e. The first-order chi connectivity index (χ1) is 15.9. The second kappa shape index (κ2) is 10.1. The van der Waals surface area contributed by atoms with Crippen molar-refractivity contribution in [1.29, 1.82) is 0 Å². The van der Waals surface area contributed by atoms with E-state index in [1.165, 1.54) is 11.1 Å². The number of carbonyl (C=O) groups excluding carboxylic acids is 2. The average Bonchev–Trinajstić information content (AvgIpc) is 3.15. The third kappa shape index (κ3) is 5.18. The number of hydrogen-bond acceptors (Lipinski definition) is 4. The summed E-state index contributed by atoms with van der Waals surface area (Å²) in [6, 6.07) is 16.3. The van der Waals surface area contributed by atoms with Crippen LogP contribution >= 0.6 is 0 Å². The van der Waals surface area contributed by atoms with Crippen LogP contribution in [0.4, 0.5) is 4.79 Å². The number of alkyl carbamates (subject to hydrolysis) is 1. The topological polar surface area (TPSA) is 105 Å². The van der Waals surface area contributed by atoms with Crippen LogP contribution in [0.5, 0.6) is 0 Å². The van der Waals surface area contributed by atoms with Crippen molar-refractivity contribution < 1.29 is 24.2 Å². The molecular formula is C26H30N2O5. The Kier molecular flexibility index (Phi) is 6.96. The third-order valence-electron chi connectivity index (χ3n) is 6.71. The van der Waals surface area contributed by atoms with E-state index < -0.39 is 18.0 Å². The molecule has 2 amide bonds. The molecular weight excluding hydrogens is 420 g/mol. The number of benzene rings is 2. The number of hydrogen-bond donors (Lipinski definition) is 3. The lowest BCUT2D eigenvalue weighted by Gasteiger charge is -2.29. The molecule has 2 aromatic carbocycles. The van der Waals surface area contributed by atoms with E-state index in [2.05, 4.69) is 34.9 Å². The molecule has 2 aromatic rings. The molecule has 2 aliphatic carbocycles. The van der Waals surface area contributed by atoms with Gasteiger partial charge < -0.3 is 20.5 Å². The molecule has 174 valence electrons. The minimum atomic E-state index is -0.936. The molecule has 2 aliphatic rings. The first-order valence-electron chi connectivity index (χ1n) is 11.6. The Hall–Kier alpha value is -3.35. The van der Waals surface area contributed by atoms with Gasteiger partial charge in [-0.1, -0.05) is 61.9 Å². The molecule has 7 heteroatoms. The highest BCUT2D eigenvalue weighted by molar-refractivity contribution is 5.80. The van der Waals surface area contributed by atoms with Crippen LogP contribution < -0.4 is 10.6 Å². The molecule has 3 N–H and O–H groups in total. The zero-order valence-corrected chi connectivity index (χ0v) is 18.8. The number of carboxylic acid groups (broad SMARTS) is 1. The lowest BCUT2D eigenvalue weighted by molar-refractivity contribution is -0.141. The molecule has 0 bridgehead atoms. The van der Waals surface area contributed by atoms with E-state index in [1.807, 2.05) is 24.3 Å². The Balaban J connectivity index is 1.30. The Morgan fingerprint density at radius 3 is 2.30 bits per heavy atom. The summed E-state index contributed by atoms with van der Waals surface area (Å²) in [6.45, 7) is 1.92. The average molecular weight is 451 g/mol. The van der Waals surface area contributed by atoms with Gasteiger partial charge in [0.2, 0.25) is 5.91 Å². The van der Waals surface area contributed by atoms with E-state index in [0.29, 0.717) is 6.42 Å². The first-order valence-corrected chi connectivity index (χ1v) is 11.6. The van der Waals surface area contributed by atoms with Crippen LogP contribution in [0.1, 0.15) is 49.7 Å². The lowest BCUT2D eigenvalue weighted by atomic mass is 9.85. The van der Waals surface area contributed by atoms with Gasteiger partial charge in [0.25, 0.3) is 0 Å². The largest absolute Gasteiger partial charge is 0.481 e. The Morgan fingerprint density at radius 2 is 1.67 bits per heavy atom. The molecule has 0 saturated heterocycles. The maximum atomic E-state index is 12.6. The second-order valence-corrected chi connectivity index (χ2v) is 9.01. The van der Waals surface area contributed by atoms with Crippen LogP contribution in [0.15, 0.2) is 48.5 Å². The van der Waals surface area contributed by atoms with Gasteiger partial charge in [-0.05, 0) is 41.5 Å². The highest BCUT2D eigenvalue weighted by Gasteiger charge is 2.31. The molecule has 0 aliphatic heterocycles.